The molecule has 0 bridgehead atoms. The number of hydrogen-bond acceptors (Lipinski definition) is 3. The van der Waals surface area contributed by atoms with E-state index < -0.39 is 5.41 Å². The molecule has 0 saturated carbocycles. The Hall–Kier alpha value is -5.02. The fourth-order valence-electron chi connectivity index (χ4n) is 5.98. The standard InChI is InChI=1S/C35H25N3/c1-3-11-25(12-4-1)35(26-13-9-16-28(23-26)38-27-14-5-2-6-15-27)31-19-8-7-17-29(31)34-30(18-10-20-32(34)35)33-24-36-21-22-37-33/h1-24,38H. The van der Waals surface area contributed by atoms with Crippen LogP contribution < -0.4 is 5.32 Å². The van der Waals surface area contributed by atoms with Gasteiger partial charge in [-0.3, -0.25) is 9.97 Å². The highest BCUT2D eigenvalue weighted by Crippen LogP contribution is 2.58. The van der Waals surface area contributed by atoms with Crippen LogP contribution in [0.25, 0.3) is 22.4 Å². The zero-order valence-corrected chi connectivity index (χ0v) is 20.8. The maximum absolute atomic E-state index is 4.68. The number of nitrogens with one attached hydrogen (secondary N) is 1. The Balaban J connectivity index is 1.53. The Kier molecular flexibility index (Phi) is 5.33. The number of hydrogen-bond donors (Lipinski definition) is 1. The van der Waals surface area contributed by atoms with Crippen molar-refractivity contribution in [1.29, 1.82) is 0 Å². The van der Waals surface area contributed by atoms with Crippen LogP contribution in [0.4, 0.5) is 11.4 Å². The van der Waals surface area contributed by atoms with Gasteiger partial charge >= 0.3 is 0 Å². The van der Waals surface area contributed by atoms with Gasteiger partial charge in [-0.15, -0.1) is 0 Å². The van der Waals surface area contributed by atoms with Crippen molar-refractivity contribution in [3.8, 4) is 22.4 Å². The summed E-state index contributed by atoms with van der Waals surface area (Å²) >= 11 is 0. The highest BCUT2D eigenvalue weighted by atomic mass is 14.9. The molecule has 3 heteroatoms. The molecule has 180 valence electrons. The Morgan fingerprint density at radius 3 is 2.00 bits per heavy atom. The molecule has 7 rings (SSSR count). The van der Waals surface area contributed by atoms with E-state index in [1.165, 1.54) is 33.4 Å². The van der Waals surface area contributed by atoms with Crippen molar-refractivity contribution in [3.05, 3.63) is 168 Å². The number of benzene rings is 5. The minimum atomic E-state index is -0.486. The van der Waals surface area contributed by atoms with Crippen molar-refractivity contribution < 1.29 is 0 Å². The van der Waals surface area contributed by atoms with Gasteiger partial charge in [0.2, 0.25) is 0 Å². The number of fused-ring (bicyclic) bond motifs is 3. The summed E-state index contributed by atoms with van der Waals surface area (Å²) in [5.41, 5.74) is 11.0. The molecular formula is C35H25N3. The van der Waals surface area contributed by atoms with E-state index in [-0.39, 0.29) is 0 Å². The first-order chi connectivity index (χ1) is 18.9. The van der Waals surface area contributed by atoms with Gasteiger partial charge in [0.1, 0.15) is 0 Å². The van der Waals surface area contributed by atoms with Gasteiger partial charge in [0, 0.05) is 29.3 Å². The first kappa shape index (κ1) is 22.2. The van der Waals surface area contributed by atoms with Crippen LogP contribution in [-0.4, -0.2) is 9.97 Å². The van der Waals surface area contributed by atoms with E-state index in [0.717, 1.165) is 22.6 Å². The molecule has 5 aromatic carbocycles. The molecular weight excluding hydrogens is 462 g/mol. The van der Waals surface area contributed by atoms with E-state index in [9.17, 15) is 0 Å². The smallest absolute Gasteiger partial charge is 0.0891 e. The molecule has 0 spiro atoms. The van der Waals surface area contributed by atoms with E-state index in [0.29, 0.717) is 0 Å². The molecule has 1 aromatic heterocycles. The summed E-state index contributed by atoms with van der Waals surface area (Å²) in [6.07, 6.45) is 5.34. The van der Waals surface area contributed by atoms with Crippen LogP contribution in [0.15, 0.2) is 146 Å². The van der Waals surface area contributed by atoms with Gasteiger partial charge < -0.3 is 5.32 Å². The van der Waals surface area contributed by atoms with Gasteiger partial charge in [0.25, 0.3) is 0 Å². The van der Waals surface area contributed by atoms with Gasteiger partial charge in [-0.1, -0.05) is 103 Å². The number of nitrogens with zero attached hydrogens (tertiary/aromatic N) is 2. The second kappa shape index (κ2) is 9.13. The first-order valence-electron chi connectivity index (χ1n) is 12.8. The molecule has 1 atom stereocenters. The molecule has 1 heterocycles. The molecule has 1 aliphatic carbocycles. The van der Waals surface area contributed by atoms with Crippen LogP contribution in [0.2, 0.25) is 0 Å². The second-order valence-electron chi connectivity index (χ2n) is 9.55. The summed E-state index contributed by atoms with van der Waals surface area (Å²) in [6.45, 7) is 0. The Bertz CT molecular complexity index is 1730. The lowest BCUT2D eigenvalue weighted by Gasteiger charge is -2.34. The molecule has 1 N–H and O–H groups in total. The van der Waals surface area contributed by atoms with E-state index in [1.807, 2.05) is 12.3 Å². The molecule has 38 heavy (non-hydrogen) atoms. The Morgan fingerprint density at radius 1 is 0.526 bits per heavy atom. The Labute approximate surface area is 222 Å². The molecule has 1 aliphatic rings. The molecule has 0 aliphatic heterocycles. The lowest BCUT2D eigenvalue weighted by molar-refractivity contribution is 0.769. The van der Waals surface area contributed by atoms with Crippen LogP contribution >= 0.6 is 0 Å². The fourth-order valence-corrected chi connectivity index (χ4v) is 5.98. The van der Waals surface area contributed by atoms with Gasteiger partial charge in [0.15, 0.2) is 0 Å². The van der Waals surface area contributed by atoms with Crippen molar-refractivity contribution in [3.63, 3.8) is 0 Å². The van der Waals surface area contributed by atoms with Crippen molar-refractivity contribution in [1.82, 2.24) is 9.97 Å². The summed E-state index contributed by atoms with van der Waals surface area (Å²) in [4.78, 5) is 9.06. The van der Waals surface area contributed by atoms with E-state index >= 15 is 0 Å². The predicted molar refractivity (Wildman–Crippen MR) is 154 cm³/mol. The van der Waals surface area contributed by atoms with E-state index in [4.69, 9.17) is 0 Å². The third kappa shape index (κ3) is 3.44. The van der Waals surface area contributed by atoms with Crippen LogP contribution in [-0.2, 0) is 5.41 Å². The number of anilines is 2. The predicted octanol–water partition coefficient (Wildman–Crippen LogP) is 8.25. The summed E-state index contributed by atoms with van der Waals surface area (Å²) in [6, 6.07) is 45.4. The lowest BCUT2D eigenvalue weighted by Crippen LogP contribution is -2.28. The maximum Gasteiger partial charge on any atom is 0.0891 e. The average Bonchev–Trinajstić information content (AvgIpc) is 3.30. The topological polar surface area (TPSA) is 37.8 Å². The van der Waals surface area contributed by atoms with Crippen molar-refractivity contribution in [2.45, 2.75) is 5.41 Å². The monoisotopic (exact) mass is 487 g/mol. The van der Waals surface area contributed by atoms with E-state index in [1.54, 1.807) is 12.4 Å². The zero-order valence-electron chi connectivity index (χ0n) is 20.8. The van der Waals surface area contributed by atoms with Crippen LogP contribution in [0.5, 0.6) is 0 Å². The summed E-state index contributed by atoms with van der Waals surface area (Å²) in [5.74, 6) is 0. The first-order valence-corrected chi connectivity index (χ1v) is 12.8. The molecule has 0 saturated heterocycles. The second-order valence-corrected chi connectivity index (χ2v) is 9.55. The van der Waals surface area contributed by atoms with Crippen LogP contribution in [0, 0.1) is 0 Å². The van der Waals surface area contributed by atoms with Gasteiger partial charge in [0.05, 0.1) is 17.3 Å². The molecule has 0 fully saturated rings. The Morgan fingerprint density at radius 2 is 1.18 bits per heavy atom. The molecule has 3 nitrogen and oxygen atoms in total. The summed E-state index contributed by atoms with van der Waals surface area (Å²) < 4.78 is 0. The third-order valence-corrected chi connectivity index (χ3v) is 7.47. The normalized spacial score (nSPS) is 15.5. The average molecular weight is 488 g/mol. The number of rotatable bonds is 5. The number of para-hydroxylation sites is 1. The van der Waals surface area contributed by atoms with Gasteiger partial charge in [-0.2, -0.15) is 0 Å². The zero-order chi connectivity index (χ0) is 25.4. The molecule has 0 radical (unpaired) electrons. The summed E-state index contributed by atoms with van der Waals surface area (Å²) in [7, 11) is 0. The largest absolute Gasteiger partial charge is 0.356 e. The van der Waals surface area contributed by atoms with Crippen LogP contribution in [0.3, 0.4) is 0 Å². The van der Waals surface area contributed by atoms with E-state index in [2.05, 4.69) is 137 Å². The lowest BCUT2D eigenvalue weighted by atomic mass is 9.67. The third-order valence-electron chi connectivity index (χ3n) is 7.47. The SMILES string of the molecule is c1ccc(Nc2cccc(C3(c4ccccc4)c4ccccc4-c4c(-c5cnccn5)cccc43)c2)cc1. The van der Waals surface area contributed by atoms with Gasteiger partial charge in [-0.25, -0.2) is 0 Å². The molecule has 6 aromatic rings. The van der Waals surface area contributed by atoms with Crippen molar-refractivity contribution in [2.24, 2.45) is 0 Å². The quantitative estimate of drug-likeness (QED) is 0.266. The van der Waals surface area contributed by atoms with Crippen molar-refractivity contribution in [2.75, 3.05) is 5.32 Å². The molecule has 1 unspecified atom stereocenters. The molecule has 0 amide bonds. The minimum absolute atomic E-state index is 0.486. The van der Waals surface area contributed by atoms with Gasteiger partial charge in [-0.05, 0) is 57.6 Å². The number of aromatic nitrogens is 2. The van der Waals surface area contributed by atoms with Crippen molar-refractivity contribution >= 4 is 11.4 Å². The fraction of sp³-hybridized carbons (Fsp3) is 0.0286. The highest BCUT2D eigenvalue weighted by Gasteiger charge is 2.46. The minimum Gasteiger partial charge on any atom is -0.356 e. The summed E-state index contributed by atoms with van der Waals surface area (Å²) in [5, 5.41) is 3.60. The van der Waals surface area contributed by atoms with Crippen LogP contribution in [0.1, 0.15) is 22.3 Å². The maximum atomic E-state index is 4.68. The highest BCUT2D eigenvalue weighted by molar-refractivity contribution is 5.94.